The number of nitriles is 1. The van der Waals surface area contributed by atoms with Crippen molar-refractivity contribution in [1.29, 1.82) is 5.26 Å². The van der Waals surface area contributed by atoms with E-state index in [1.54, 1.807) is 16.7 Å². The Morgan fingerprint density at radius 2 is 1.94 bits per heavy atom. The SMILES string of the molecule is N#Cc1c(NC(=O)CSc2nc3ccccc3c(=O)n2-c2ccccc2)sc2c1CCC2. The topological polar surface area (TPSA) is 87.8 Å². The van der Waals surface area contributed by atoms with E-state index < -0.39 is 0 Å². The molecule has 0 unspecified atom stereocenters. The van der Waals surface area contributed by atoms with Gasteiger partial charge in [0.2, 0.25) is 5.91 Å². The van der Waals surface area contributed by atoms with Crippen LogP contribution in [0.5, 0.6) is 0 Å². The van der Waals surface area contributed by atoms with E-state index in [2.05, 4.69) is 16.4 Å². The van der Waals surface area contributed by atoms with Crippen LogP contribution in [0.2, 0.25) is 0 Å². The van der Waals surface area contributed by atoms with Gasteiger partial charge in [-0.3, -0.25) is 14.2 Å². The van der Waals surface area contributed by atoms with Crippen molar-refractivity contribution in [3.8, 4) is 11.8 Å². The van der Waals surface area contributed by atoms with E-state index in [4.69, 9.17) is 0 Å². The Hall–Kier alpha value is -3.41. The van der Waals surface area contributed by atoms with Crippen LogP contribution in [-0.4, -0.2) is 21.2 Å². The summed E-state index contributed by atoms with van der Waals surface area (Å²) in [5.41, 5.74) is 2.78. The lowest BCUT2D eigenvalue weighted by Crippen LogP contribution is -2.22. The van der Waals surface area contributed by atoms with E-state index in [1.165, 1.54) is 28.0 Å². The maximum absolute atomic E-state index is 13.2. The number of nitrogens with zero attached hydrogens (tertiary/aromatic N) is 3. The molecule has 2 aromatic carbocycles. The second kappa shape index (κ2) is 8.61. The monoisotopic (exact) mass is 458 g/mol. The van der Waals surface area contributed by atoms with Crippen molar-refractivity contribution in [2.75, 3.05) is 11.1 Å². The molecule has 0 spiro atoms. The molecule has 0 atom stereocenters. The van der Waals surface area contributed by atoms with Crippen molar-refractivity contribution in [3.63, 3.8) is 0 Å². The zero-order valence-electron chi connectivity index (χ0n) is 17.0. The molecule has 6 nitrogen and oxygen atoms in total. The van der Waals surface area contributed by atoms with E-state index in [0.29, 0.717) is 32.3 Å². The van der Waals surface area contributed by atoms with E-state index in [1.807, 2.05) is 42.5 Å². The predicted molar refractivity (Wildman–Crippen MR) is 128 cm³/mol. The average molecular weight is 459 g/mol. The summed E-state index contributed by atoms with van der Waals surface area (Å²) in [5.74, 6) is -0.154. The zero-order chi connectivity index (χ0) is 22.1. The van der Waals surface area contributed by atoms with Crippen LogP contribution in [0.1, 0.15) is 22.4 Å². The zero-order valence-corrected chi connectivity index (χ0v) is 18.6. The highest BCUT2D eigenvalue weighted by molar-refractivity contribution is 7.99. The summed E-state index contributed by atoms with van der Waals surface area (Å²) in [4.78, 5) is 31.8. The van der Waals surface area contributed by atoms with Crippen molar-refractivity contribution in [2.45, 2.75) is 24.4 Å². The lowest BCUT2D eigenvalue weighted by atomic mass is 10.1. The molecule has 158 valence electrons. The lowest BCUT2D eigenvalue weighted by Gasteiger charge is -2.13. The third-order valence-electron chi connectivity index (χ3n) is 5.38. The van der Waals surface area contributed by atoms with Crippen LogP contribution in [0.3, 0.4) is 0 Å². The first-order chi connectivity index (χ1) is 15.7. The van der Waals surface area contributed by atoms with Gasteiger partial charge in [0.25, 0.3) is 5.56 Å². The number of thiophene rings is 1. The van der Waals surface area contributed by atoms with Gasteiger partial charge in [0.1, 0.15) is 11.1 Å². The summed E-state index contributed by atoms with van der Waals surface area (Å²) in [6.45, 7) is 0. The molecule has 0 radical (unpaired) electrons. The molecule has 2 aromatic heterocycles. The summed E-state index contributed by atoms with van der Waals surface area (Å²) in [5, 5.41) is 14.0. The third-order valence-corrected chi connectivity index (χ3v) is 7.52. The van der Waals surface area contributed by atoms with Crippen LogP contribution in [0.4, 0.5) is 5.00 Å². The lowest BCUT2D eigenvalue weighted by molar-refractivity contribution is -0.113. The van der Waals surface area contributed by atoms with Gasteiger partial charge in [-0.15, -0.1) is 11.3 Å². The molecule has 0 bridgehead atoms. The highest BCUT2D eigenvalue weighted by atomic mass is 32.2. The second-order valence-electron chi connectivity index (χ2n) is 7.40. The quantitative estimate of drug-likeness (QED) is 0.350. The van der Waals surface area contributed by atoms with Gasteiger partial charge in [0.15, 0.2) is 5.16 Å². The Kier molecular flexibility index (Phi) is 5.52. The van der Waals surface area contributed by atoms with Gasteiger partial charge in [-0.05, 0) is 49.1 Å². The standard InChI is InChI=1S/C24H18N4O2S2/c25-13-18-16-10-6-12-20(16)32-22(18)27-21(29)14-31-24-26-19-11-5-4-9-17(19)23(30)28(24)15-7-2-1-3-8-15/h1-5,7-9,11H,6,10,12,14H2,(H,27,29). The van der Waals surface area contributed by atoms with Gasteiger partial charge in [0, 0.05) is 4.88 Å². The van der Waals surface area contributed by atoms with Gasteiger partial charge in [-0.25, -0.2) is 4.98 Å². The fraction of sp³-hybridized carbons (Fsp3) is 0.167. The van der Waals surface area contributed by atoms with E-state index >= 15 is 0 Å². The van der Waals surface area contributed by atoms with Crippen LogP contribution >= 0.6 is 23.1 Å². The number of hydrogen-bond acceptors (Lipinski definition) is 6. The predicted octanol–water partition coefficient (Wildman–Crippen LogP) is 4.54. The molecule has 1 N–H and O–H groups in total. The molecule has 2 heterocycles. The Morgan fingerprint density at radius 1 is 1.16 bits per heavy atom. The van der Waals surface area contributed by atoms with Crippen LogP contribution in [0, 0.1) is 11.3 Å². The maximum atomic E-state index is 13.2. The van der Waals surface area contributed by atoms with Crippen LogP contribution in [0.25, 0.3) is 16.6 Å². The largest absolute Gasteiger partial charge is 0.316 e. The first-order valence-electron chi connectivity index (χ1n) is 10.2. The van der Waals surface area contributed by atoms with E-state index in [-0.39, 0.29) is 17.2 Å². The third kappa shape index (κ3) is 3.70. The molecule has 0 saturated carbocycles. The normalized spacial score (nSPS) is 12.5. The van der Waals surface area contributed by atoms with Crippen molar-refractivity contribution < 1.29 is 4.79 Å². The van der Waals surface area contributed by atoms with Gasteiger partial charge in [0.05, 0.1) is 27.9 Å². The number of carbonyl (C=O) groups excluding carboxylic acids is 1. The minimum Gasteiger partial charge on any atom is -0.316 e. The number of fused-ring (bicyclic) bond motifs is 2. The van der Waals surface area contributed by atoms with Gasteiger partial charge >= 0.3 is 0 Å². The molecular formula is C24H18N4O2S2. The molecule has 0 saturated heterocycles. The minimum atomic E-state index is -0.228. The van der Waals surface area contributed by atoms with E-state index in [0.717, 1.165) is 24.8 Å². The highest BCUT2D eigenvalue weighted by Gasteiger charge is 2.23. The molecule has 0 aliphatic heterocycles. The highest BCUT2D eigenvalue weighted by Crippen LogP contribution is 2.38. The van der Waals surface area contributed by atoms with Crippen LogP contribution in [-0.2, 0) is 17.6 Å². The Bertz CT molecular complexity index is 1430. The van der Waals surface area contributed by atoms with Crippen LogP contribution in [0.15, 0.2) is 64.5 Å². The summed E-state index contributed by atoms with van der Waals surface area (Å²) in [6, 6.07) is 18.7. The number of amides is 1. The summed E-state index contributed by atoms with van der Waals surface area (Å²) in [6.07, 6.45) is 2.91. The first-order valence-corrected chi connectivity index (χ1v) is 12.0. The molecular weight excluding hydrogens is 440 g/mol. The fourth-order valence-corrected chi connectivity index (χ4v) is 5.99. The minimum absolute atomic E-state index is 0.0745. The van der Waals surface area contributed by atoms with Gasteiger partial charge < -0.3 is 5.32 Å². The molecule has 4 aromatic rings. The molecule has 5 rings (SSSR count). The average Bonchev–Trinajstić information content (AvgIpc) is 3.39. The van der Waals surface area contributed by atoms with Gasteiger partial charge in [-0.1, -0.05) is 42.1 Å². The first kappa shape index (κ1) is 20.5. The maximum Gasteiger partial charge on any atom is 0.266 e. The smallest absolute Gasteiger partial charge is 0.266 e. The fourth-order valence-electron chi connectivity index (χ4n) is 3.92. The number of thioether (sulfide) groups is 1. The second-order valence-corrected chi connectivity index (χ2v) is 9.45. The van der Waals surface area contributed by atoms with Crippen molar-refractivity contribution in [1.82, 2.24) is 9.55 Å². The summed E-state index contributed by atoms with van der Waals surface area (Å²) in [7, 11) is 0. The molecule has 32 heavy (non-hydrogen) atoms. The number of carbonyl (C=O) groups is 1. The molecule has 0 fully saturated rings. The number of benzene rings is 2. The van der Waals surface area contributed by atoms with Crippen molar-refractivity contribution in [2.24, 2.45) is 0 Å². The van der Waals surface area contributed by atoms with E-state index in [9.17, 15) is 14.9 Å². The Labute approximate surface area is 192 Å². The Morgan fingerprint density at radius 3 is 2.75 bits per heavy atom. The summed E-state index contributed by atoms with van der Waals surface area (Å²) < 4.78 is 1.54. The molecule has 1 aliphatic carbocycles. The van der Waals surface area contributed by atoms with Gasteiger partial charge in [-0.2, -0.15) is 5.26 Å². The number of rotatable bonds is 5. The number of aromatic nitrogens is 2. The Balaban J connectivity index is 1.44. The number of aryl methyl sites for hydroxylation is 1. The number of para-hydroxylation sites is 2. The van der Waals surface area contributed by atoms with Crippen molar-refractivity contribution >= 4 is 44.9 Å². The van der Waals surface area contributed by atoms with Crippen molar-refractivity contribution in [3.05, 3.63) is 81.0 Å². The molecule has 1 aliphatic rings. The number of hydrogen-bond donors (Lipinski definition) is 1. The number of nitrogens with one attached hydrogen (secondary N) is 1. The summed E-state index contributed by atoms with van der Waals surface area (Å²) >= 11 is 2.70. The van der Waals surface area contributed by atoms with Crippen LogP contribution < -0.4 is 10.9 Å². The molecule has 1 amide bonds. The number of anilines is 1. The molecule has 8 heteroatoms.